The third-order valence-corrected chi connectivity index (χ3v) is 1.82. The number of carbonyl (C=O) groups is 1. The van der Waals surface area contributed by atoms with Crippen molar-refractivity contribution in [1.29, 1.82) is 0 Å². The van der Waals surface area contributed by atoms with Crippen LogP contribution in [0.5, 0.6) is 0 Å². The molecule has 0 saturated carbocycles. The molecule has 0 spiro atoms. The van der Waals surface area contributed by atoms with Crippen LogP contribution >= 0.6 is 0 Å². The number of rotatable bonds is 5. The Balaban J connectivity index is 2.63. The summed E-state index contributed by atoms with van der Waals surface area (Å²) in [6.07, 6.45) is 0. The Bertz CT molecular complexity index is 321. The van der Waals surface area contributed by atoms with E-state index in [1.807, 2.05) is 0 Å². The maximum atomic E-state index is 10.6. The summed E-state index contributed by atoms with van der Waals surface area (Å²) < 4.78 is 1.55. The number of hydrogen-bond acceptors (Lipinski definition) is 4. The van der Waals surface area contributed by atoms with Gasteiger partial charge in [0.1, 0.15) is 0 Å². The molecule has 0 aromatic carbocycles. The fourth-order valence-electron chi connectivity index (χ4n) is 1.09. The van der Waals surface area contributed by atoms with Crippen LogP contribution in [0.1, 0.15) is 16.2 Å². The molecule has 6 heteroatoms. The highest BCUT2D eigenvalue weighted by atomic mass is 16.4. The molecule has 78 valence electrons. The van der Waals surface area contributed by atoms with Crippen LogP contribution in [0, 0.1) is 0 Å². The quantitative estimate of drug-likeness (QED) is 0.537. The summed E-state index contributed by atoms with van der Waals surface area (Å²) in [5.41, 5.74) is 6.20. The van der Waals surface area contributed by atoms with E-state index in [4.69, 9.17) is 10.8 Å². The van der Waals surface area contributed by atoms with E-state index in [0.29, 0.717) is 19.6 Å². The van der Waals surface area contributed by atoms with Gasteiger partial charge in [-0.15, -0.1) is 0 Å². The summed E-state index contributed by atoms with van der Waals surface area (Å²) in [5.74, 6) is -1.01. The number of aromatic nitrogens is 2. The van der Waals surface area contributed by atoms with Gasteiger partial charge in [0.2, 0.25) is 0 Å². The molecule has 1 aromatic heterocycles. The summed E-state index contributed by atoms with van der Waals surface area (Å²) in [7, 11) is 1.71. The minimum atomic E-state index is -1.01. The number of nitrogens with zero attached hydrogens (tertiary/aromatic N) is 2. The lowest BCUT2D eigenvalue weighted by atomic mass is 10.3. The number of nitrogens with one attached hydrogen (secondary N) is 1. The first-order valence-corrected chi connectivity index (χ1v) is 4.32. The molecule has 14 heavy (non-hydrogen) atoms. The first-order chi connectivity index (χ1) is 6.65. The van der Waals surface area contributed by atoms with Crippen LogP contribution < -0.4 is 11.1 Å². The van der Waals surface area contributed by atoms with Crippen LogP contribution in [0.3, 0.4) is 0 Å². The van der Waals surface area contributed by atoms with Crippen LogP contribution in [0.15, 0.2) is 6.07 Å². The molecule has 4 N–H and O–H groups in total. The zero-order chi connectivity index (χ0) is 10.6. The Labute approximate surface area is 81.7 Å². The van der Waals surface area contributed by atoms with Crippen molar-refractivity contribution in [3.63, 3.8) is 0 Å². The number of carboxylic acid groups (broad SMARTS) is 1. The van der Waals surface area contributed by atoms with Gasteiger partial charge in [-0.05, 0) is 6.07 Å². The Morgan fingerprint density at radius 2 is 2.50 bits per heavy atom. The molecule has 0 unspecified atom stereocenters. The molecule has 0 atom stereocenters. The van der Waals surface area contributed by atoms with Crippen LogP contribution in [0.4, 0.5) is 0 Å². The SMILES string of the molecule is Cn1nc(C(=O)O)cc1CNCCN. The Morgan fingerprint density at radius 3 is 3.00 bits per heavy atom. The number of aryl methyl sites for hydroxylation is 1. The fourth-order valence-corrected chi connectivity index (χ4v) is 1.09. The number of hydrogen-bond donors (Lipinski definition) is 3. The summed E-state index contributed by atoms with van der Waals surface area (Å²) >= 11 is 0. The number of carboxylic acids is 1. The van der Waals surface area contributed by atoms with Gasteiger partial charge in [0.15, 0.2) is 5.69 Å². The summed E-state index contributed by atoms with van der Waals surface area (Å²) in [6, 6.07) is 1.55. The fraction of sp³-hybridized carbons (Fsp3) is 0.500. The van der Waals surface area contributed by atoms with Crippen molar-refractivity contribution in [3.05, 3.63) is 17.5 Å². The summed E-state index contributed by atoms with van der Waals surface area (Å²) in [4.78, 5) is 10.6. The van der Waals surface area contributed by atoms with Crippen molar-refractivity contribution in [2.75, 3.05) is 13.1 Å². The second kappa shape index (κ2) is 4.73. The molecule has 0 radical (unpaired) electrons. The van der Waals surface area contributed by atoms with E-state index in [1.54, 1.807) is 17.8 Å². The molecule has 1 aromatic rings. The number of aromatic carboxylic acids is 1. The highest BCUT2D eigenvalue weighted by molar-refractivity contribution is 5.85. The van der Waals surface area contributed by atoms with E-state index in [2.05, 4.69) is 10.4 Å². The smallest absolute Gasteiger partial charge is 0.356 e. The van der Waals surface area contributed by atoms with Crippen molar-refractivity contribution < 1.29 is 9.90 Å². The Kier molecular flexibility index (Phi) is 3.61. The average Bonchev–Trinajstić information content (AvgIpc) is 2.49. The van der Waals surface area contributed by atoms with Gasteiger partial charge in [0.05, 0.1) is 5.69 Å². The standard InChI is InChI=1S/C8H14N4O2/c1-12-6(5-10-3-2-9)4-7(11-12)8(13)14/h4,10H,2-3,5,9H2,1H3,(H,13,14). The van der Waals surface area contributed by atoms with Crippen LogP contribution in [0.2, 0.25) is 0 Å². The van der Waals surface area contributed by atoms with Crippen molar-refractivity contribution in [1.82, 2.24) is 15.1 Å². The highest BCUT2D eigenvalue weighted by Gasteiger charge is 2.10. The van der Waals surface area contributed by atoms with Crippen molar-refractivity contribution in [2.45, 2.75) is 6.54 Å². The lowest BCUT2D eigenvalue weighted by Gasteiger charge is -2.02. The molecule has 0 saturated heterocycles. The molecule has 0 amide bonds. The zero-order valence-corrected chi connectivity index (χ0v) is 8.03. The molecule has 0 aliphatic heterocycles. The second-order valence-corrected chi connectivity index (χ2v) is 2.92. The van der Waals surface area contributed by atoms with Gasteiger partial charge in [0.25, 0.3) is 0 Å². The van der Waals surface area contributed by atoms with Gasteiger partial charge >= 0.3 is 5.97 Å². The van der Waals surface area contributed by atoms with E-state index in [1.165, 1.54) is 0 Å². The summed E-state index contributed by atoms with van der Waals surface area (Å²) in [5, 5.41) is 15.6. The Morgan fingerprint density at radius 1 is 1.79 bits per heavy atom. The molecular weight excluding hydrogens is 184 g/mol. The minimum absolute atomic E-state index is 0.0667. The lowest BCUT2D eigenvalue weighted by Crippen LogP contribution is -2.22. The number of nitrogens with two attached hydrogens (primary N) is 1. The largest absolute Gasteiger partial charge is 0.476 e. The van der Waals surface area contributed by atoms with E-state index in [0.717, 1.165) is 5.69 Å². The minimum Gasteiger partial charge on any atom is -0.476 e. The van der Waals surface area contributed by atoms with Gasteiger partial charge in [-0.25, -0.2) is 4.79 Å². The van der Waals surface area contributed by atoms with Gasteiger partial charge < -0.3 is 16.2 Å². The molecule has 0 aliphatic carbocycles. The third-order valence-electron chi connectivity index (χ3n) is 1.82. The first kappa shape index (κ1) is 10.7. The van der Waals surface area contributed by atoms with Crippen LogP contribution in [0.25, 0.3) is 0 Å². The topological polar surface area (TPSA) is 93.2 Å². The second-order valence-electron chi connectivity index (χ2n) is 2.92. The maximum Gasteiger partial charge on any atom is 0.356 e. The van der Waals surface area contributed by atoms with Crippen LogP contribution in [-0.4, -0.2) is 33.9 Å². The van der Waals surface area contributed by atoms with E-state index in [9.17, 15) is 4.79 Å². The average molecular weight is 198 g/mol. The lowest BCUT2D eigenvalue weighted by molar-refractivity contribution is 0.0689. The van der Waals surface area contributed by atoms with Gasteiger partial charge in [-0.3, -0.25) is 4.68 Å². The molecule has 1 heterocycles. The monoisotopic (exact) mass is 198 g/mol. The van der Waals surface area contributed by atoms with Crippen LogP contribution in [-0.2, 0) is 13.6 Å². The Hall–Kier alpha value is -1.40. The van der Waals surface area contributed by atoms with Gasteiger partial charge in [0, 0.05) is 26.7 Å². The highest BCUT2D eigenvalue weighted by Crippen LogP contribution is 2.02. The third kappa shape index (κ3) is 2.54. The van der Waals surface area contributed by atoms with Gasteiger partial charge in [-0.2, -0.15) is 5.10 Å². The zero-order valence-electron chi connectivity index (χ0n) is 8.03. The molecule has 1 rings (SSSR count). The maximum absolute atomic E-state index is 10.6. The van der Waals surface area contributed by atoms with Gasteiger partial charge in [-0.1, -0.05) is 0 Å². The predicted molar refractivity (Wildman–Crippen MR) is 50.9 cm³/mol. The molecule has 0 bridgehead atoms. The van der Waals surface area contributed by atoms with Crippen molar-refractivity contribution in [3.8, 4) is 0 Å². The normalized spacial score (nSPS) is 10.4. The first-order valence-electron chi connectivity index (χ1n) is 4.32. The van der Waals surface area contributed by atoms with E-state index < -0.39 is 5.97 Å². The molecule has 0 fully saturated rings. The van der Waals surface area contributed by atoms with Crippen molar-refractivity contribution >= 4 is 5.97 Å². The molecule has 0 aliphatic rings. The summed E-state index contributed by atoms with van der Waals surface area (Å²) in [6.45, 7) is 1.84. The molecular formula is C8H14N4O2. The predicted octanol–water partition coefficient (Wildman–Crippen LogP) is -0.833. The van der Waals surface area contributed by atoms with E-state index in [-0.39, 0.29) is 5.69 Å². The van der Waals surface area contributed by atoms with E-state index >= 15 is 0 Å². The molecule has 6 nitrogen and oxygen atoms in total. The van der Waals surface area contributed by atoms with Crippen molar-refractivity contribution in [2.24, 2.45) is 12.8 Å².